The van der Waals surface area contributed by atoms with Gasteiger partial charge in [-0.2, -0.15) is 13.2 Å². The minimum atomic E-state index is -4.57. The van der Waals surface area contributed by atoms with Crippen LogP contribution in [0.1, 0.15) is 20.3 Å². The number of amides is 2. The normalized spacial score (nSPS) is 13.2. The van der Waals surface area contributed by atoms with E-state index in [-0.39, 0.29) is 6.42 Å². The second-order valence-corrected chi connectivity index (χ2v) is 4.19. The third kappa shape index (κ3) is 6.85. The molecule has 19 heavy (non-hydrogen) atoms. The first-order valence-corrected chi connectivity index (χ1v) is 5.56. The fraction of sp³-hybridized carbons (Fsp3) is 0.800. The van der Waals surface area contributed by atoms with E-state index >= 15 is 0 Å². The number of urea groups is 1. The summed E-state index contributed by atoms with van der Waals surface area (Å²) >= 11 is 0. The van der Waals surface area contributed by atoms with Gasteiger partial charge < -0.3 is 20.4 Å². The molecule has 6 nitrogen and oxygen atoms in total. The van der Waals surface area contributed by atoms with E-state index in [1.165, 1.54) is 13.8 Å². The van der Waals surface area contributed by atoms with Crippen molar-refractivity contribution in [3.05, 3.63) is 0 Å². The van der Waals surface area contributed by atoms with Crippen molar-refractivity contribution < 1.29 is 33.0 Å². The summed E-state index contributed by atoms with van der Waals surface area (Å²) in [6, 6.07) is -3.30. The summed E-state index contributed by atoms with van der Waals surface area (Å²) in [6.07, 6.45) is -4.85. The number of nitrogens with one attached hydrogen (secondary N) is 1. The van der Waals surface area contributed by atoms with Gasteiger partial charge in [-0.1, -0.05) is 0 Å². The molecule has 3 N–H and O–H groups in total. The summed E-state index contributed by atoms with van der Waals surface area (Å²) in [5, 5.41) is 19.3. The first kappa shape index (κ1) is 17.5. The third-order valence-electron chi connectivity index (χ3n) is 2.25. The number of halogens is 3. The van der Waals surface area contributed by atoms with Crippen molar-refractivity contribution in [3.8, 4) is 0 Å². The number of nitrogens with zero attached hydrogens (tertiary/aromatic N) is 1. The van der Waals surface area contributed by atoms with E-state index in [0.717, 1.165) is 0 Å². The zero-order chi connectivity index (χ0) is 15.2. The second kappa shape index (κ2) is 7.17. The maximum atomic E-state index is 12.3. The van der Waals surface area contributed by atoms with Crippen LogP contribution < -0.4 is 5.32 Å². The van der Waals surface area contributed by atoms with Crippen molar-refractivity contribution >= 4 is 12.0 Å². The number of alkyl halides is 3. The Labute approximate surface area is 108 Å². The van der Waals surface area contributed by atoms with E-state index in [4.69, 9.17) is 10.2 Å². The number of carboxylic acid groups (broad SMARTS) is 1. The highest BCUT2D eigenvalue weighted by atomic mass is 19.4. The minimum Gasteiger partial charge on any atom is -0.480 e. The van der Waals surface area contributed by atoms with E-state index in [9.17, 15) is 22.8 Å². The Hall–Kier alpha value is -1.51. The van der Waals surface area contributed by atoms with Crippen molar-refractivity contribution in [2.75, 3.05) is 13.2 Å². The fourth-order valence-electron chi connectivity index (χ4n) is 1.30. The van der Waals surface area contributed by atoms with Gasteiger partial charge >= 0.3 is 18.2 Å². The molecule has 0 bridgehead atoms. The Morgan fingerprint density at radius 2 is 1.84 bits per heavy atom. The predicted molar refractivity (Wildman–Crippen MR) is 59.6 cm³/mol. The van der Waals surface area contributed by atoms with Gasteiger partial charge in [0.15, 0.2) is 0 Å². The summed E-state index contributed by atoms with van der Waals surface area (Å²) in [6.45, 7) is 0.792. The molecule has 0 aromatic carbocycles. The van der Waals surface area contributed by atoms with Crippen molar-refractivity contribution in [1.29, 1.82) is 0 Å². The highest BCUT2D eigenvalue weighted by Gasteiger charge is 2.35. The van der Waals surface area contributed by atoms with Gasteiger partial charge in [0.25, 0.3) is 0 Å². The van der Waals surface area contributed by atoms with E-state index in [1.54, 1.807) is 0 Å². The highest BCUT2D eigenvalue weighted by Crippen LogP contribution is 2.18. The van der Waals surface area contributed by atoms with Crippen LogP contribution in [-0.4, -0.2) is 58.5 Å². The maximum absolute atomic E-state index is 12.3. The Balaban J connectivity index is 4.76. The van der Waals surface area contributed by atoms with E-state index < -0.39 is 43.4 Å². The van der Waals surface area contributed by atoms with Gasteiger partial charge in [-0.25, -0.2) is 9.59 Å². The lowest BCUT2D eigenvalue weighted by Crippen LogP contribution is -2.52. The van der Waals surface area contributed by atoms with Crippen LogP contribution in [0, 0.1) is 0 Å². The largest absolute Gasteiger partial charge is 0.480 e. The summed E-state index contributed by atoms with van der Waals surface area (Å²) in [4.78, 5) is 22.8. The number of carboxylic acids is 1. The lowest BCUT2D eigenvalue weighted by molar-refractivity contribution is -0.143. The number of hydrogen-bond acceptors (Lipinski definition) is 3. The SMILES string of the molecule is CC(C)N(CC(F)(F)F)C(=O)NC(CCO)C(=O)O. The Morgan fingerprint density at radius 3 is 2.16 bits per heavy atom. The van der Waals surface area contributed by atoms with Crippen LogP contribution >= 0.6 is 0 Å². The smallest absolute Gasteiger partial charge is 0.406 e. The molecule has 0 aliphatic rings. The van der Waals surface area contributed by atoms with Gasteiger partial charge in [0, 0.05) is 19.1 Å². The molecule has 9 heteroatoms. The fourth-order valence-corrected chi connectivity index (χ4v) is 1.30. The molecule has 0 aliphatic carbocycles. The van der Waals surface area contributed by atoms with Gasteiger partial charge in [-0.15, -0.1) is 0 Å². The zero-order valence-electron chi connectivity index (χ0n) is 10.6. The highest BCUT2D eigenvalue weighted by molar-refractivity contribution is 5.82. The molecule has 0 rings (SSSR count). The van der Waals surface area contributed by atoms with Gasteiger partial charge in [-0.3, -0.25) is 0 Å². The summed E-state index contributed by atoms with van der Waals surface area (Å²) in [5.41, 5.74) is 0. The first-order valence-electron chi connectivity index (χ1n) is 5.56. The van der Waals surface area contributed by atoms with Crippen LogP contribution in [0.25, 0.3) is 0 Å². The van der Waals surface area contributed by atoms with E-state index in [0.29, 0.717) is 4.90 Å². The molecule has 0 saturated carbocycles. The second-order valence-electron chi connectivity index (χ2n) is 4.19. The number of hydrogen-bond donors (Lipinski definition) is 3. The summed E-state index contributed by atoms with van der Waals surface area (Å²) < 4.78 is 36.9. The van der Waals surface area contributed by atoms with Gasteiger partial charge in [-0.05, 0) is 13.8 Å². The Morgan fingerprint density at radius 1 is 1.32 bits per heavy atom. The monoisotopic (exact) mass is 286 g/mol. The minimum absolute atomic E-state index is 0.279. The summed E-state index contributed by atoms with van der Waals surface area (Å²) in [7, 11) is 0. The molecule has 2 amide bonds. The quantitative estimate of drug-likeness (QED) is 0.674. The van der Waals surface area contributed by atoms with Crippen LogP contribution in [0.4, 0.5) is 18.0 Å². The molecule has 0 aromatic heterocycles. The van der Waals surface area contributed by atoms with Crippen molar-refractivity contribution in [2.45, 2.75) is 38.5 Å². The van der Waals surface area contributed by atoms with E-state index in [1.807, 2.05) is 5.32 Å². The molecule has 112 valence electrons. The Kier molecular flexibility index (Phi) is 6.60. The predicted octanol–water partition coefficient (Wildman–Crippen LogP) is 0.804. The molecular weight excluding hydrogens is 269 g/mol. The number of aliphatic hydroxyl groups excluding tert-OH is 1. The van der Waals surface area contributed by atoms with Gasteiger partial charge in [0.05, 0.1) is 0 Å². The number of aliphatic carboxylic acids is 1. The lowest BCUT2D eigenvalue weighted by atomic mass is 10.2. The van der Waals surface area contributed by atoms with Crippen LogP contribution in [0.2, 0.25) is 0 Å². The number of carbonyl (C=O) groups excluding carboxylic acids is 1. The molecule has 0 aromatic rings. The zero-order valence-corrected chi connectivity index (χ0v) is 10.6. The van der Waals surface area contributed by atoms with Crippen LogP contribution in [0.15, 0.2) is 0 Å². The maximum Gasteiger partial charge on any atom is 0.406 e. The molecule has 1 unspecified atom stereocenters. The standard InChI is InChI=1S/C10H17F3N2O4/c1-6(2)15(5-10(11,12)13)9(19)14-7(3-4-16)8(17)18/h6-7,16H,3-5H2,1-2H3,(H,14,19)(H,17,18). The number of aliphatic hydroxyl groups is 1. The molecule has 0 saturated heterocycles. The van der Waals surface area contributed by atoms with Crippen molar-refractivity contribution in [1.82, 2.24) is 10.2 Å². The molecule has 0 fully saturated rings. The topological polar surface area (TPSA) is 89.9 Å². The van der Waals surface area contributed by atoms with Crippen LogP contribution in [0.5, 0.6) is 0 Å². The van der Waals surface area contributed by atoms with E-state index in [2.05, 4.69) is 0 Å². The molecule has 0 aliphatic heterocycles. The molecule has 0 radical (unpaired) electrons. The van der Waals surface area contributed by atoms with Gasteiger partial charge in [0.2, 0.25) is 0 Å². The Bertz CT molecular complexity index is 320. The van der Waals surface area contributed by atoms with Crippen LogP contribution in [0.3, 0.4) is 0 Å². The molecular formula is C10H17F3N2O4. The third-order valence-corrected chi connectivity index (χ3v) is 2.25. The molecule has 0 spiro atoms. The summed E-state index contributed by atoms with van der Waals surface area (Å²) in [5.74, 6) is -1.42. The number of rotatable bonds is 6. The molecule has 1 atom stereocenters. The average Bonchev–Trinajstić information content (AvgIpc) is 2.23. The first-order chi connectivity index (χ1) is 8.58. The van der Waals surface area contributed by atoms with Crippen molar-refractivity contribution in [3.63, 3.8) is 0 Å². The van der Waals surface area contributed by atoms with Crippen LogP contribution in [-0.2, 0) is 4.79 Å². The number of carbonyl (C=O) groups is 2. The molecule has 0 heterocycles. The lowest BCUT2D eigenvalue weighted by Gasteiger charge is -2.29. The van der Waals surface area contributed by atoms with Gasteiger partial charge in [0.1, 0.15) is 12.6 Å². The average molecular weight is 286 g/mol. The van der Waals surface area contributed by atoms with Crippen molar-refractivity contribution in [2.24, 2.45) is 0 Å².